The molecule has 0 fully saturated rings. The summed E-state index contributed by atoms with van der Waals surface area (Å²) < 4.78 is 27.8. The van der Waals surface area contributed by atoms with Crippen molar-refractivity contribution in [2.75, 3.05) is 57.8 Å². The summed E-state index contributed by atoms with van der Waals surface area (Å²) in [7, 11) is 1.33. The number of methoxy groups -OCH3 is 1. The van der Waals surface area contributed by atoms with Crippen LogP contribution in [0.1, 0.15) is 35.2 Å². The van der Waals surface area contributed by atoms with Crippen molar-refractivity contribution in [2.24, 2.45) is 5.92 Å². The summed E-state index contributed by atoms with van der Waals surface area (Å²) in [6.07, 6.45) is 1.63. The minimum atomic E-state index is -0.710. The number of benzene rings is 2. The van der Waals surface area contributed by atoms with Gasteiger partial charge in [-0.15, -0.1) is 0 Å². The standard InChI is InChI=1S/C28H36N2O8/c1-3-37-28-21(12-14-35-16-17-36-15-13-31)22(19-8-10-20(11-9-19)27(33)34-2)18-25(38-28)26(32)30-24-7-5-4-6-23(24)29/h4-11,18,21-22,28,31H,3,12-17,29H2,1-2H3,(H,30,32)/t21-,22-,28-/m1/s1. The Morgan fingerprint density at radius 3 is 2.39 bits per heavy atom. The third kappa shape index (κ3) is 8.03. The number of anilines is 2. The summed E-state index contributed by atoms with van der Waals surface area (Å²) >= 11 is 0. The second kappa shape index (κ2) is 15.1. The summed E-state index contributed by atoms with van der Waals surface area (Å²) in [5.74, 6) is -1.21. The molecule has 10 nitrogen and oxygen atoms in total. The van der Waals surface area contributed by atoms with Gasteiger partial charge in [-0.1, -0.05) is 24.3 Å². The molecule has 38 heavy (non-hydrogen) atoms. The van der Waals surface area contributed by atoms with Gasteiger partial charge >= 0.3 is 5.97 Å². The van der Waals surface area contributed by atoms with Crippen molar-refractivity contribution in [1.29, 1.82) is 0 Å². The molecule has 206 valence electrons. The number of amides is 1. The van der Waals surface area contributed by atoms with Gasteiger partial charge in [-0.05, 0) is 49.2 Å². The number of esters is 1. The normalized spacial score (nSPS) is 18.8. The second-order valence-corrected chi connectivity index (χ2v) is 8.55. The smallest absolute Gasteiger partial charge is 0.337 e. The quantitative estimate of drug-likeness (QED) is 0.192. The number of nitrogen functional groups attached to an aromatic ring is 1. The Balaban J connectivity index is 1.85. The predicted molar refractivity (Wildman–Crippen MR) is 141 cm³/mol. The number of nitrogens with two attached hydrogens (primary N) is 1. The lowest BCUT2D eigenvalue weighted by atomic mass is 9.81. The molecular weight excluding hydrogens is 492 g/mol. The molecule has 2 aromatic rings. The van der Waals surface area contributed by atoms with Crippen LogP contribution in [-0.2, 0) is 28.5 Å². The van der Waals surface area contributed by atoms with E-state index in [9.17, 15) is 9.59 Å². The number of carbonyl (C=O) groups is 2. The van der Waals surface area contributed by atoms with E-state index < -0.39 is 18.2 Å². The first-order chi connectivity index (χ1) is 18.5. The van der Waals surface area contributed by atoms with Gasteiger partial charge in [-0.2, -0.15) is 0 Å². The molecule has 0 radical (unpaired) electrons. The first kappa shape index (κ1) is 29.1. The summed E-state index contributed by atoms with van der Waals surface area (Å²) in [6, 6.07) is 14.0. The Kier molecular flexibility index (Phi) is 11.6. The monoisotopic (exact) mass is 528 g/mol. The van der Waals surface area contributed by atoms with Gasteiger partial charge in [0.1, 0.15) is 0 Å². The van der Waals surface area contributed by atoms with E-state index in [0.717, 1.165) is 5.56 Å². The number of nitrogens with one attached hydrogen (secondary N) is 1. The summed E-state index contributed by atoms with van der Waals surface area (Å²) in [6.45, 7) is 3.64. The molecule has 0 unspecified atom stereocenters. The lowest BCUT2D eigenvalue weighted by Crippen LogP contribution is -2.38. The Bertz CT molecular complexity index is 1070. The highest BCUT2D eigenvalue weighted by Crippen LogP contribution is 2.39. The molecule has 0 spiro atoms. The van der Waals surface area contributed by atoms with Gasteiger partial charge in [0, 0.05) is 25.0 Å². The molecule has 0 aromatic heterocycles. The average Bonchev–Trinajstić information content (AvgIpc) is 2.94. The van der Waals surface area contributed by atoms with E-state index in [0.29, 0.717) is 49.8 Å². The van der Waals surface area contributed by atoms with E-state index >= 15 is 0 Å². The van der Waals surface area contributed by atoms with Crippen LogP contribution in [0.25, 0.3) is 0 Å². The van der Waals surface area contributed by atoms with Crippen LogP contribution in [0.3, 0.4) is 0 Å². The molecule has 2 aromatic carbocycles. The zero-order chi connectivity index (χ0) is 27.3. The van der Waals surface area contributed by atoms with E-state index in [4.69, 9.17) is 34.5 Å². The molecule has 3 atom stereocenters. The predicted octanol–water partition coefficient (Wildman–Crippen LogP) is 3.09. The third-order valence-electron chi connectivity index (χ3n) is 6.07. The van der Waals surface area contributed by atoms with Gasteiger partial charge in [0.15, 0.2) is 5.76 Å². The van der Waals surface area contributed by atoms with Crippen molar-refractivity contribution in [3.8, 4) is 0 Å². The number of allylic oxidation sites excluding steroid dienone is 1. The zero-order valence-electron chi connectivity index (χ0n) is 21.8. The number of hydrogen-bond donors (Lipinski definition) is 3. The lowest BCUT2D eigenvalue weighted by molar-refractivity contribution is -0.166. The molecule has 1 aliphatic rings. The van der Waals surface area contributed by atoms with Crippen LogP contribution in [0.5, 0.6) is 0 Å². The Morgan fingerprint density at radius 1 is 1.03 bits per heavy atom. The van der Waals surface area contributed by atoms with Crippen LogP contribution >= 0.6 is 0 Å². The van der Waals surface area contributed by atoms with Crippen LogP contribution in [0, 0.1) is 5.92 Å². The van der Waals surface area contributed by atoms with E-state index in [2.05, 4.69) is 5.32 Å². The fourth-order valence-corrected chi connectivity index (χ4v) is 4.18. The van der Waals surface area contributed by atoms with Crippen molar-refractivity contribution in [1.82, 2.24) is 0 Å². The molecule has 1 amide bonds. The van der Waals surface area contributed by atoms with Crippen LogP contribution in [-0.4, -0.2) is 70.0 Å². The first-order valence-corrected chi connectivity index (χ1v) is 12.6. The highest BCUT2D eigenvalue weighted by Gasteiger charge is 2.38. The Labute approximate surface area is 222 Å². The highest BCUT2D eigenvalue weighted by molar-refractivity contribution is 6.04. The van der Waals surface area contributed by atoms with E-state index in [-0.39, 0.29) is 30.8 Å². The maximum absolute atomic E-state index is 13.2. The maximum atomic E-state index is 13.2. The summed E-state index contributed by atoms with van der Waals surface area (Å²) in [5, 5.41) is 11.6. The number of carbonyl (C=O) groups excluding carboxylic acids is 2. The molecule has 3 rings (SSSR count). The zero-order valence-corrected chi connectivity index (χ0v) is 21.8. The Hall–Kier alpha value is -3.44. The van der Waals surface area contributed by atoms with E-state index in [1.807, 2.05) is 19.1 Å². The second-order valence-electron chi connectivity index (χ2n) is 8.55. The number of aliphatic hydroxyl groups excluding tert-OH is 1. The van der Waals surface area contributed by atoms with Crippen LogP contribution in [0.2, 0.25) is 0 Å². The number of hydrogen-bond acceptors (Lipinski definition) is 9. The van der Waals surface area contributed by atoms with Crippen molar-refractivity contribution >= 4 is 23.3 Å². The van der Waals surface area contributed by atoms with Crippen molar-refractivity contribution in [2.45, 2.75) is 25.6 Å². The molecule has 0 aliphatic carbocycles. The molecular formula is C28H36N2O8. The first-order valence-electron chi connectivity index (χ1n) is 12.6. The van der Waals surface area contributed by atoms with Crippen LogP contribution in [0.15, 0.2) is 60.4 Å². The lowest BCUT2D eigenvalue weighted by Gasteiger charge is -2.37. The molecule has 0 bridgehead atoms. The fourth-order valence-electron chi connectivity index (χ4n) is 4.18. The third-order valence-corrected chi connectivity index (χ3v) is 6.07. The molecule has 0 saturated carbocycles. The molecule has 0 saturated heterocycles. The number of rotatable bonds is 14. The molecule has 4 N–H and O–H groups in total. The van der Waals surface area contributed by atoms with Crippen molar-refractivity contribution in [3.63, 3.8) is 0 Å². The van der Waals surface area contributed by atoms with E-state index in [1.165, 1.54) is 7.11 Å². The summed E-state index contributed by atoms with van der Waals surface area (Å²) in [5.41, 5.74) is 8.22. The average molecular weight is 529 g/mol. The van der Waals surface area contributed by atoms with Crippen molar-refractivity contribution < 1.29 is 38.4 Å². The SMILES string of the molecule is CCO[C@@H]1OC(C(=O)Nc2ccccc2N)=C[C@H](c2ccc(C(=O)OC)cc2)[C@H]1CCOCCOCCO. The topological polar surface area (TPSA) is 139 Å². The van der Waals surface area contributed by atoms with Crippen molar-refractivity contribution in [3.05, 3.63) is 71.5 Å². The minimum absolute atomic E-state index is 0.0367. The van der Waals surface area contributed by atoms with Gasteiger partial charge in [0.2, 0.25) is 6.29 Å². The van der Waals surface area contributed by atoms with E-state index in [1.54, 1.807) is 42.5 Å². The summed E-state index contributed by atoms with van der Waals surface area (Å²) in [4.78, 5) is 25.1. The van der Waals surface area contributed by atoms with Crippen LogP contribution < -0.4 is 11.1 Å². The maximum Gasteiger partial charge on any atom is 0.337 e. The highest BCUT2D eigenvalue weighted by atomic mass is 16.7. The number of ether oxygens (including phenoxy) is 5. The van der Waals surface area contributed by atoms with Gasteiger partial charge in [-0.3, -0.25) is 4.79 Å². The number of aliphatic hydroxyl groups is 1. The largest absolute Gasteiger partial charge is 0.465 e. The number of para-hydroxylation sites is 2. The fraction of sp³-hybridized carbons (Fsp3) is 0.429. The van der Waals surface area contributed by atoms with Gasteiger partial charge in [-0.25, -0.2) is 4.79 Å². The van der Waals surface area contributed by atoms with Gasteiger partial charge < -0.3 is 39.8 Å². The Morgan fingerprint density at radius 2 is 1.74 bits per heavy atom. The molecule has 1 aliphatic heterocycles. The van der Waals surface area contributed by atoms with Crippen LogP contribution in [0.4, 0.5) is 11.4 Å². The minimum Gasteiger partial charge on any atom is -0.465 e. The van der Waals surface area contributed by atoms with Gasteiger partial charge in [0.25, 0.3) is 5.91 Å². The van der Waals surface area contributed by atoms with Gasteiger partial charge in [0.05, 0.1) is 50.5 Å². The molecule has 10 heteroatoms. The molecule has 1 heterocycles.